The number of hydrogen-bond acceptors (Lipinski definition) is 0. The van der Waals surface area contributed by atoms with Crippen LogP contribution in [0.1, 0.15) is 52.0 Å². The van der Waals surface area contributed by atoms with Crippen LogP contribution in [0.25, 0.3) is 5.57 Å². The Hall–Kier alpha value is -2.86. The summed E-state index contributed by atoms with van der Waals surface area (Å²) in [6.07, 6.45) is 17.3. The van der Waals surface area contributed by atoms with Crippen molar-refractivity contribution in [1.82, 2.24) is 0 Å². The number of rotatable bonds is 6. The predicted octanol–water partition coefficient (Wildman–Crippen LogP) is 8.71. The molecule has 30 heavy (non-hydrogen) atoms. The van der Waals surface area contributed by atoms with Gasteiger partial charge in [-0.15, -0.1) is 0 Å². The zero-order valence-electron chi connectivity index (χ0n) is 18.8. The fraction of sp³-hybridized carbons (Fsp3) is 0.267. The van der Waals surface area contributed by atoms with Gasteiger partial charge in [0.2, 0.25) is 0 Å². The fourth-order valence-corrected chi connectivity index (χ4v) is 5.43. The van der Waals surface area contributed by atoms with Crippen molar-refractivity contribution in [2.24, 2.45) is 5.41 Å². The second-order valence-electron chi connectivity index (χ2n) is 8.19. The molecule has 0 unspecified atom stereocenters. The van der Waals surface area contributed by atoms with Crippen LogP contribution in [0, 0.1) is 5.41 Å². The highest BCUT2D eigenvalue weighted by Crippen LogP contribution is 2.63. The summed E-state index contributed by atoms with van der Waals surface area (Å²) in [5.74, 6) is 0. The van der Waals surface area contributed by atoms with Gasteiger partial charge >= 0.3 is 0 Å². The van der Waals surface area contributed by atoms with Gasteiger partial charge in [-0.3, -0.25) is 0 Å². The summed E-state index contributed by atoms with van der Waals surface area (Å²) in [4.78, 5) is 0. The largest absolute Gasteiger partial charge is 0.0990 e. The smallest absolute Gasteiger partial charge is 0.0224 e. The van der Waals surface area contributed by atoms with E-state index in [1.165, 1.54) is 51.8 Å². The molecule has 0 heteroatoms. The third-order valence-electron chi connectivity index (χ3n) is 6.62. The lowest BCUT2D eigenvalue weighted by Gasteiger charge is -2.33. The zero-order valence-corrected chi connectivity index (χ0v) is 18.8. The standard InChI is InChI=1S/C30H34/c1-7-16-24(9-3)22(5)28-26(10-4)27(17-8-2)29(30(28)20-14-15-21-30)23(6)25-18-12-11-13-19-25/h7-13,16-19H,2,4-5,14-15,20-21H2,1,3,6H3/b16-7-,24-9+,27-17-,29-23-. The number of allylic oxidation sites excluding steroid dienone is 13. The second kappa shape index (κ2) is 9.30. The van der Waals surface area contributed by atoms with E-state index in [0.29, 0.717) is 0 Å². The van der Waals surface area contributed by atoms with E-state index in [0.717, 1.165) is 18.4 Å². The minimum Gasteiger partial charge on any atom is -0.0990 e. The highest BCUT2D eigenvalue weighted by molar-refractivity contribution is 5.83. The summed E-state index contributed by atoms with van der Waals surface area (Å²) in [5.41, 5.74) is 10.2. The first-order valence-corrected chi connectivity index (χ1v) is 11.0. The third-order valence-corrected chi connectivity index (χ3v) is 6.62. The summed E-state index contributed by atoms with van der Waals surface area (Å²) >= 11 is 0. The van der Waals surface area contributed by atoms with Crippen LogP contribution in [0.3, 0.4) is 0 Å². The molecule has 0 aliphatic heterocycles. The van der Waals surface area contributed by atoms with Crippen LogP contribution in [0.15, 0.2) is 120 Å². The van der Waals surface area contributed by atoms with Crippen molar-refractivity contribution in [2.45, 2.75) is 46.5 Å². The van der Waals surface area contributed by atoms with Crippen LogP contribution < -0.4 is 0 Å². The molecule has 1 spiro atoms. The van der Waals surface area contributed by atoms with Gasteiger partial charge in [-0.1, -0.05) is 99.4 Å². The Balaban J connectivity index is 2.37. The van der Waals surface area contributed by atoms with Gasteiger partial charge in [-0.25, -0.2) is 0 Å². The Morgan fingerprint density at radius 2 is 1.70 bits per heavy atom. The molecule has 154 valence electrons. The van der Waals surface area contributed by atoms with Crippen LogP contribution in [-0.4, -0.2) is 0 Å². The van der Waals surface area contributed by atoms with Gasteiger partial charge in [-0.2, -0.15) is 0 Å². The molecular formula is C30H34. The van der Waals surface area contributed by atoms with Crippen molar-refractivity contribution in [3.05, 3.63) is 126 Å². The van der Waals surface area contributed by atoms with Crippen molar-refractivity contribution in [1.29, 1.82) is 0 Å². The van der Waals surface area contributed by atoms with Crippen LogP contribution >= 0.6 is 0 Å². The molecule has 0 atom stereocenters. The lowest BCUT2D eigenvalue weighted by Crippen LogP contribution is -2.21. The van der Waals surface area contributed by atoms with E-state index in [4.69, 9.17) is 0 Å². The molecule has 1 aromatic carbocycles. The van der Waals surface area contributed by atoms with Crippen LogP contribution in [0.4, 0.5) is 0 Å². The topological polar surface area (TPSA) is 0 Å². The van der Waals surface area contributed by atoms with Gasteiger partial charge in [0.1, 0.15) is 0 Å². The van der Waals surface area contributed by atoms with Gasteiger partial charge in [-0.05, 0) is 78.2 Å². The highest BCUT2D eigenvalue weighted by Gasteiger charge is 2.49. The summed E-state index contributed by atoms with van der Waals surface area (Å²) in [5, 5.41) is 0. The molecule has 0 amide bonds. The quantitative estimate of drug-likeness (QED) is 0.423. The Morgan fingerprint density at radius 1 is 1.03 bits per heavy atom. The SMILES string of the molecule is C=C/C=C1/C(C=C)=C(C(=C)C(/C=C\C)=C/C)C2(CCCC2)/C1=C(/C)c1ccccc1. The third kappa shape index (κ3) is 3.56. The van der Waals surface area contributed by atoms with Crippen molar-refractivity contribution in [3.63, 3.8) is 0 Å². The predicted molar refractivity (Wildman–Crippen MR) is 133 cm³/mol. The molecule has 2 aliphatic rings. The molecule has 0 aromatic heterocycles. The van der Waals surface area contributed by atoms with E-state index in [-0.39, 0.29) is 5.41 Å². The Kier molecular flexibility index (Phi) is 6.77. The van der Waals surface area contributed by atoms with Crippen molar-refractivity contribution >= 4 is 5.57 Å². The molecule has 2 aliphatic carbocycles. The monoisotopic (exact) mass is 394 g/mol. The maximum absolute atomic E-state index is 4.60. The summed E-state index contributed by atoms with van der Waals surface area (Å²) in [7, 11) is 0. The molecule has 0 bridgehead atoms. The molecule has 3 rings (SSSR count). The van der Waals surface area contributed by atoms with E-state index in [1.54, 1.807) is 0 Å². The van der Waals surface area contributed by atoms with E-state index in [2.05, 4.69) is 95.1 Å². The van der Waals surface area contributed by atoms with Gasteiger partial charge in [0.15, 0.2) is 0 Å². The molecule has 0 heterocycles. The van der Waals surface area contributed by atoms with Gasteiger partial charge < -0.3 is 0 Å². The average molecular weight is 395 g/mol. The Labute approximate surface area is 183 Å². The minimum atomic E-state index is -0.00871. The molecule has 0 nitrogen and oxygen atoms in total. The molecule has 0 saturated heterocycles. The van der Waals surface area contributed by atoms with E-state index in [1.807, 2.05) is 12.2 Å². The molecule has 1 aromatic rings. The summed E-state index contributed by atoms with van der Waals surface area (Å²) in [6.45, 7) is 19.3. The Bertz CT molecular complexity index is 993. The average Bonchev–Trinajstić information content (AvgIpc) is 3.35. The van der Waals surface area contributed by atoms with Gasteiger partial charge in [0.05, 0.1) is 0 Å². The van der Waals surface area contributed by atoms with Crippen LogP contribution in [-0.2, 0) is 0 Å². The second-order valence-corrected chi connectivity index (χ2v) is 8.19. The minimum absolute atomic E-state index is 0.00871. The molecule has 0 radical (unpaired) electrons. The number of hydrogen-bond donors (Lipinski definition) is 0. The Morgan fingerprint density at radius 3 is 2.23 bits per heavy atom. The summed E-state index contributed by atoms with van der Waals surface area (Å²) < 4.78 is 0. The first-order valence-electron chi connectivity index (χ1n) is 11.0. The normalized spacial score (nSPS) is 21.7. The zero-order chi connectivity index (χ0) is 21.7. The van der Waals surface area contributed by atoms with Gasteiger partial charge in [0.25, 0.3) is 0 Å². The maximum Gasteiger partial charge on any atom is 0.0224 e. The molecule has 0 N–H and O–H groups in total. The lowest BCUT2D eigenvalue weighted by atomic mass is 9.70. The van der Waals surface area contributed by atoms with Crippen LogP contribution in [0.5, 0.6) is 0 Å². The number of benzene rings is 1. The maximum atomic E-state index is 4.60. The highest BCUT2D eigenvalue weighted by atomic mass is 14.5. The van der Waals surface area contributed by atoms with Crippen molar-refractivity contribution in [3.8, 4) is 0 Å². The van der Waals surface area contributed by atoms with Crippen LogP contribution in [0.2, 0.25) is 0 Å². The fourth-order valence-electron chi connectivity index (χ4n) is 5.43. The van der Waals surface area contributed by atoms with Crippen molar-refractivity contribution in [2.75, 3.05) is 0 Å². The van der Waals surface area contributed by atoms with E-state index < -0.39 is 0 Å². The lowest BCUT2D eigenvalue weighted by molar-refractivity contribution is 0.474. The molecule has 1 saturated carbocycles. The van der Waals surface area contributed by atoms with E-state index >= 15 is 0 Å². The molecular weight excluding hydrogens is 360 g/mol. The van der Waals surface area contributed by atoms with Gasteiger partial charge in [0, 0.05) is 5.41 Å². The van der Waals surface area contributed by atoms with Crippen molar-refractivity contribution < 1.29 is 0 Å². The molecule has 1 fully saturated rings. The summed E-state index contributed by atoms with van der Waals surface area (Å²) in [6, 6.07) is 10.8. The first-order chi connectivity index (χ1) is 14.6. The van der Waals surface area contributed by atoms with E-state index in [9.17, 15) is 0 Å². The first kappa shape index (κ1) is 21.8.